The van der Waals surface area contributed by atoms with E-state index < -0.39 is 6.04 Å². The summed E-state index contributed by atoms with van der Waals surface area (Å²) in [6.45, 7) is 5.24. The first-order valence-electron chi connectivity index (χ1n) is 12.3. The molecule has 1 N–H and O–H groups in total. The molecule has 184 valence electrons. The Bertz CT molecular complexity index is 1250. The van der Waals surface area contributed by atoms with E-state index in [1.807, 2.05) is 61.2 Å². The zero-order valence-corrected chi connectivity index (χ0v) is 21.3. The van der Waals surface area contributed by atoms with Crippen molar-refractivity contribution in [2.45, 2.75) is 38.6 Å². The predicted molar refractivity (Wildman–Crippen MR) is 143 cm³/mol. The standard InChI is InChI=1S/C30H30ClN3O2/c1-20(2)28(30(36)34-16-14-24(15-17-34)22-10-12-27(31)13-11-22)33-29(35)26-5-3-4-25(18-26)23-8-6-21(19-32)7-9-23/h3-13,18,20,24,28H,14-17H2,1-2H3,(H,33,35)/t28-/m1/s1. The molecule has 1 saturated heterocycles. The van der Waals surface area contributed by atoms with Crippen LogP contribution in [0.4, 0.5) is 0 Å². The molecule has 1 aliphatic heterocycles. The van der Waals surface area contributed by atoms with Crippen molar-refractivity contribution in [3.05, 3.63) is 94.5 Å². The molecular formula is C30H30ClN3O2. The van der Waals surface area contributed by atoms with Crippen molar-refractivity contribution in [1.82, 2.24) is 10.2 Å². The molecule has 6 heteroatoms. The van der Waals surface area contributed by atoms with Gasteiger partial charge in [-0.2, -0.15) is 5.26 Å². The van der Waals surface area contributed by atoms with Gasteiger partial charge in [0.25, 0.3) is 5.91 Å². The van der Waals surface area contributed by atoms with Crippen molar-refractivity contribution in [3.63, 3.8) is 0 Å². The van der Waals surface area contributed by atoms with E-state index in [0.29, 0.717) is 30.1 Å². The van der Waals surface area contributed by atoms with Gasteiger partial charge < -0.3 is 10.2 Å². The summed E-state index contributed by atoms with van der Waals surface area (Å²) in [4.78, 5) is 28.4. The minimum Gasteiger partial charge on any atom is -0.341 e. The molecule has 0 aliphatic carbocycles. The fourth-order valence-electron chi connectivity index (χ4n) is 4.68. The Morgan fingerprint density at radius 2 is 1.64 bits per heavy atom. The number of halogens is 1. The summed E-state index contributed by atoms with van der Waals surface area (Å²) in [5.41, 5.74) is 4.13. The SMILES string of the molecule is CC(C)[C@@H](NC(=O)c1cccc(-c2ccc(C#N)cc2)c1)C(=O)N1CCC(c2ccc(Cl)cc2)CC1. The van der Waals surface area contributed by atoms with Gasteiger partial charge >= 0.3 is 0 Å². The molecule has 3 aromatic carbocycles. The van der Waals surface area contributed by atoms with Crippen molar-refractivity contribution in [3.8, 4) is 17.2 Å². The molecule has 0 radical (unpaired) electrons. The predicted octanol–water partition coefficient (Wildman–Crippen LogP) is 6.04. The van der Waals surface area contributed by atoms with Crippen molar-refractivity contribution in [2.24, 2.45) is 5.92 Å². The van der Waals surface area contributed by atoms with E-state index in [4.69, 9.17) is 16.9 Å². The molecule has 0 spiro atoms. The summed E-state index contributed by atoms with van der Waals surface area (Å²) in [5.74, 6) is 0.0604. The molecule has 1 fully saturated rings. The number of piperidine rings is 1. The average Bonchev–Trinajstić information content (AvgIpc) is 2.91. The van der Waals surface area contributed by atoms with Crippen LogP contribution < -0.4 is 5.32 Å². The van der Waals surface area contributed by atoms with Crippen LogP contribution in [0.3, 0.4) is 0 Å². The monoisotopic (exact) mass is 499 g/mol. The van der Waals surface area contributed by atoms with Gasteiger partial charge in [0.1, 0.15) is 6.04 Å². The maximum atomic E-state index is 13.4. The Morgan fingerprint density at radius 3 is 2.25 bits per heavy atom. The highest BCUT2D eigenvalue weighted by Gasteiger charge is 2.31. The van der Waals surface area contributed by atoms with Gasteiger partial charge in [-0.25, -0.2) is 0 Å². The minimum absolute atomic E-state index is 0.0313. The van der Waals surface area contributed by atoms with E-state index in [-0.39, 0.29) is 17.7 Å². The quantitative estimate of drug-likeness (QED) is 0.449. The number of nitrogens with zero attached hydrogens (tertiary/aromatic N) is 2. The lowest BCUT2D eigenvalue weighted by atomic mass is 9.89. The highest BCUT2D eigenvalue weighted by atomic mass is 35.5. The number of rotatable bonds is 6. The first-order chi connectivity index (χ1) is 17.4. The van der Waals surface area contributed by atoms with E-state index in [9.17, 15) is 9.59 Å². The summed E-state index contributed by atoms with van der Waals surface area (Å²) >= 11 is 6.02. The zero-order chi connectivity index (χ0) is 25.7. The van der Waals surface area contributed by atoms with Gasteiger partial charge in [-0.05, 0) is 77.8 Å². The number of amides is 2. The van der Waals surface area contributed by atoms with E-state index >= 15 is 0 Å². The molecule has 0 aromatic heterocycles. The lowest BCUT2D eigenvalue weighted by molar-refractivity contribution is -0.135. The van der Waals surface area contributed by atoms with Gasteiger partial charge in [0.05, 0.1) is 11.6 Å². The third-order valence-electron chi connectivity index (χ3n) is 6.84. The highest BCUT2D eigenvalue weighted by Crippen LogP contribution is 2.29. The topological polar surface area (TPSA) is 73.2 Å². The van der Waals surface area contributed by atoms with Gasteiger partial charge in [0.2, 0.25) is 5.91 Å². The number of nitriles is 1. The summed E-state index contributed by atoms with van der Waals surface area (Å²) in [6.07, 6.45) is 1.78. The van der Waals surface area contributed by atoms with Gasteiger partial charge in [-0.15, -0.1) is 0 Å². The molecule has 0 saturated carbocycles. The Hall–Kier alpha value is -3.62. The molecule has 1 aliphatic rings. The Labute approximate surface area is 217 Å². The number of hydrogen-bond acceptors (Lipinski definition) is 3. The molecule has 4 rings (SSSR count). The van der Waals surface area contributed by atoms with E-state index in [2.05, 4.69) is 23.5 Å². The van der Waals surface area contributed by atoms with Crippen LogP contribution in [-0.2, 0) is 4.79 Å². The largest absolute Gasteiger partial charge is 0.341 e. The third kappa shape index (κ3) is 5.95. The Morgan fingerprint density at radius 1 is 0.972 bits per heavy atom. The van der Waals surface area contributed by atoms with Crippen LogP contribution in [-0.4, -0.2) is 35.8 Å². The second-order valence-electron chi connectivity index (χ2n) is 9.62. The maximum Gasteiger partial charge on any atom is 0.251 e. The van der Waals surface area contributed by atoms with E-state index in [1.165, 1.54) is 5.56 Å². The highest BCUT2D eigenvalue weighted by molar-refractivity contribution is 6.30. The van der Waals surface area contributed by atoms with Crippen molar-refractivity contribution in [2.75, 3.05) is 13.1 Å². The molecule has 36 heavy (non-hydrogen) atoms. The molecule has 0 bridgehead atoms. The van der Waals surface area contributed by atoms with Crippen LogP contribution in [0.15, 0.2) is 72.8 Å². The molecule has 5 nitrogen and oxygen atoms in total. The van der Waals surface area contributed by atoms with Crippen LogP contribution >= 0.6 is 11.6 Å². The van der Waals surface area contributed by atoms with Gasteiger partial charge in [-0.1, -0.05) is 61.8 Å². The average molecular weight is 500 g/mol. The normalized spacial score (nSPS) is 14.8. The first-order valence-corrected chi connectivity index (χ1v) is 12.7. The van der Waals surface area contributed by atoms with Crippen molar-refractivity contribution in [1.29, 1.82) is 5.26 Å². The lowest BCUT2D eigenvalue weighted by Gasteiger charge is -2.35. The number of likely N-dealkylation sites (tertiary alicyclic amines) is 1. The second-order valence-corrected chi connectivity index (χ2v) is 10.1. The van der Waals surface area contributed by atoms with Crippen LogP contribution in [0, 0.1) is 17.2 Å². The molecular weight excluding hydrogens is 470 g/mol. The smallest absolute Gasteiger partial charge is 0.251 e. The van der Waals surface area contributed by atoms with E-state index in [1.54, 1.807) is 18.2 Å². The van der Waals surface area contributed by atoms with Crippen LogP contribution in [0.2, 0.25) is 5.02 Å². The molecule has 2 amide bonds. The van der Waals surface area contributed by atoms with Crippen LogP contribution in [0.1, 0.15) is 54.1 Å². The summed E-state index contributed by atoms with van der Waals surface area (Å²) in [6, 6.07) is 24.0. The molecule has 3 aromatic rings. The summed E-state index contributed by atoms with van der Waals surface area (Å²) < 4.78 is 0. The van der Waals surface area contributed by atoms with Crippen LogP contribution in [0.5, 0.6) is 0 Å². The fraction of sp³-hybridized carbons (Fsp3) is 0.300. The van der Waals surface area contributed by atoms with Gasteiger partial charge in [0, 0.05) is 23.7 Å². The maximum absolute atomic E-state index is 13.4. The van der Waals surface area contributed by atoms with E-state index in [0.717, 1.165) is 29.0 Å². The fourth-order valence-corrected chi connectivity index (χ4v) is 4.81. The number of carbonyl (C=O) groups excluding carboxylic acids is 2. The molecule has 1 atom stereocenters. The van der Waals surface area contributed by atoms with Gasteiger partial charge in [0.15, 0.2) is 0 Å². The number of nitrogens with one attached hydrogen (secondary N) is 1. The third-order valence-corrected chi connectivity index (χ3v) is 7.09. The first kappa shape index (κ1) is 25.5. The second kappa shape index (κ2) is 11.4. The van der Waals surface area contributed by atoms with Gasteiger partial charge in [-0.3, -0.25) is 9.59 Å². The lowest BCUT2D eigenvalue weighted by Crippen LogP contribution is -2.52. The van der Waals surface area contributed by atoms with Crippen LogP contribution in [0.25, 0.3) is 11.1 Å². The minimum atomic E-state index is -0.594. The number of benzene rings is 3. The molecule has 1 heterocycles. The summed E-state index contributed by atoms with van der Waals surface area (Å²) in [7, 11) is 0. The van der Waals surface area contributed by atoms with Crippen molar-refractivity contribution < 1.29 is 9.59 Å². The summed E-state index contributed by atoms with van der Waals surface area (Å²) in [5, 5.41) is 12.7. The number of carbonyl (C=O) groups is 2. The Balaban J connectivity index is 1.41. The number of hydrogen-bond donors (Lipinski definition) is 1. The Kier molecular flexibility index (Phi) is 8.07. The zero-order valence-electron chi connectivity index (χ0n) is 20.6. The molecule has 0 unspecified atom stereocenters. The van der Waals surface area contributed by atoms with Crippen molar-refractivity contribution >= 4 is 23.4 Å².